The Hall–Kier alpha value is -2.46. The third-order valence-electron chi connectivity index (χ3n) is 4.40. The zero-order valence-corrected chi connectivity index (χ0v) is 18.4. The molecule has 0 aromatic carbocycles. The van der Waals surface area contributed by atoms with E-state index in [0.29, 0.717) is 13.2 Å². The van der Waals surface area contributed by atoms with Crippen LogP contribution in [-0.4, -0.2) is 73.7 Å². The lowest BCUT2D eigenvalue weighted by atomic mass is 9.75. The summed E-state index contributed by atoms with van der Waals surface area (Å²) in [7, 11) is 0. The van der Waals surface area contributed by atoms with Gasteiger partial charge in [-0.1, -0.05) is 33.3 Å². The van der Waals surface area contributed by atoms with Gasteiger partial charge in [0, 0.05) is 18.8 Å². The van der Waals surface area contributed by atoms with E-state index in [9.17, 15) is 29.4 Å². The Balaban J connectivity index is 4.96. The van der Waals surface area contributed by atoms with Crippen molar-refractivity contribution in [3.05, 3.63) is 12.2 Å². The fourth-order valence-electron chi connectivity index (χ4n) is 2.48. The van der Waals surface area contributed by atoms with E-state index in [2.05, 4.69) is 6.58 Å². The fourth-order valence-corrected chi connectivity index (χ4v) is 2.48. The Morgan fingerprint density at radius 2 is 1.16 bits per heavy atom. The van der Waals surface area contributed by atoms with Crippen LogP contribution in [-0.2, 0) is 38.1 Å². The lowest BCUT2D eigenvalue weighted by Crippen LogP contribution is -2.41. The molecule has 0 bridgehead atoms. The highest BCUT2D eigenvalue weighted by Crippen LogP contribution is 2.36. The van der Waals surface area contributed by atoms with Crippen molar-refractivity contribution in [3.8, 4) is 0 Å². The van der Waals surface area contributed by atoms with Crippen LogP contribution in [0.2, 0.25) is 0 Å². The number of unbranched alkanes of at least 4 members (excludes halogenated alkanes) is 2. The summed E-state index contributed by atoms with van der Waals surface area (Å²) in [5.74, 6) is -5.31. The lowest BCUT2D eigenvalue weighted by Gasteiger charge is -2.27. The average molecular weight is 446 g/mol. The standard InChI is InChI=1S/C21H34O10/c1-4-6-8-28-10-12-30-17(22)14-21(20(26)27,16(3)19(24)25)15-18(23)31-13-11-29-9-7-5-2/h3-15H2,1-2H3,(H,24,25)(H,26,27). The third kappa shape index (κ3) is 11.5. The van der Waals surface area contributed by atoms with E-state index < -0.39 is 47.7 Å². The van der Waals surface area contributed by atoms with Crippen LogP contribution in [0.4, 0.5) is 0 Å². The predicted molar refractivity (Wildman–Crippen MR) is 109 cm³/mol. The van der Waals surface area contributed by atoms with Gasteiger partial charge in [-0.15, -0.1) is 0 Å². The summed E-state index contributed by atoms with van der Waals surface area (Å²) in [6.07, 6.45) is 1.81. The molecule has 0 saturated heterocycles. The summed E-state index contributed by atoms with van der Waals surface area (Å²) in [6, 6.07) is 0. The van der Waals surface area contributed by atoms with Crippen LogP contribution in [0.1, 0.15) is 52.4 Å². The molecule has 0 fully saturated rings. The number of carbonyl (C=O) groups is 4. The SMILES string of the molecule is C=C(C(=O)O)C(CC(=O)OCCOCCCC)(CC(=O)OCCOCCCC)C(=O)O. The zero-order valence-electron chi connectivity index (χ0n) is 18.4. The van der Waals surface area contributed by atoms with Gasteiger partial charge in [0.05, 0.1) is 26.1 Å². The van der Waals surface area contributed by atoms with Crippen LogP contribution in [0.15, 0.2) is 12.2 Å². The van der Waals surface area contributed by atoms with E-state index in [1.807, 2.05) is 13.8 Å². The van der Waals surface area contributed by atoms with Gasteiger partial charge in [-0.3, -0.25) is 14.4 Å². The maximum Gasteiger partial charge on any atom is 0.332 e. The minimum Gasteiger partial charge on any atom is -0.481 e. The van der Waals surface area contributed by atoms with Gasteiger partial charge in [0.2, 0.25) is 0 Å². The maximum absolute atomic E-state index is 12.2. The molecule has 0 spiro atoms. The summed E-state index contributed by atoms with van der Waals surface area (Å²) in [5.41, 5.74) is -3.21. The van der Waals surface area contributed by atoms with Gasteiger partial charge >= 0.3 is 23.9 Å². The molecule has 0 unspecified atom stereocenters. The first-order valence-electron chi connectivity index (χ1n) is 10.3. The van der Waals surface area contributed by atoms with Crippen molar-refractivity contribution in [1.29, 1.82) is 0 Å². The number of hydrogen-bond acceptors (Lipinski definition) is 8. The number of carboxylic acid groups (broad SMARTS) is 2. The molecule has 0 aliphatic carbocycles. The second-order valence-corrected chi connectivity index (χ2v) is 6.90. The minimum atomic E-state index is -2.40. The molecular formula is C21H34O10. The molecule has 0 aromatic heterocycles. The first kappa shape index (κ1) is 28.5. The highest BCUT2D eigenvalue weighted by Gasteiger charge is 2.49. The highest BCUT2D eigenvalue weighted by molar-refractivity contribution is 6.00. The van der Waals surface area contributed by atoms with Gasteiger partial charge in [-0.2, -0.15) is 0 Å². The number of carbonyl (C=O) groups excluding carboxylic acids is 2. The molecule has 178 valence electrons. The van der Waals surface area contributed by atoms with Crippen molar-refractivity contribution in [3.63, 3.8) is 0 Å². The number of ether oxygens (including phenoxy) is 4. The van der Waals surface area contributed by atoms with E-state index >= 15 is 0 Å². The number of esters is 2. The summed E-state index contributed by atoms with van der Waals surface area (Å²) in [4.78, 5) is 47.7. The Kier molecular flexibility index (Phi) is 15.0. The summed E-state index contributed by atoms with van der Waals surface area (Å²) in [6.45, 7) is 8.23. The molecule has 0 radical (unpaired) electrons. The van der Waals surface area contributed by atoms with E-state index in [1.54, 1.807) is 0 Å². The van der Waals surface area contributed by atoms with Crippen LogP contribution in [0.5, 0.6) is 0 Å². The lowest BCUT2D eigenvalue weighted by molar-refractivity contribution is -0.163. The molecule has 0 aliphatic heterocycles. The quantitative estimate of drug-likeness (QED) is 0.172. The summed E-state index contributed by atoms with van der Waals surface area (Å²) >= 11 is 0. The van der Waals surface area contributed by atoms with Crippen LogP contribution in [0.3, 0.4) is 0 Å². The second-order valence-electron chi connectivity index (χ2n) is 6.90. The molecule has 10 heteroatoms. The monoisotopic (exact) mass is 446 g/mol. The molecule has 10 nitrogen and oxygen atoms in total. The van der Waals surface area contributed by atoms with Gasteiger partial charge in [0.1, 0.15) is 18.6 Å². The van der Waals surface area contributed by atoms with Crippen molar-refractivity contribution in [1.82, 2.24) is 0 Å². The smallest absolute Gasteiger partial charge is 0.332 e. The van der Waals surface area contributed by atoms with Crippen LogP contribution in [0, 0.1) is 5.41 Å². The van der Waals surface area contributed by atoms with Crippen molar-refractivity contribution in [2.75, 3.05) is 39.6 Å². The van der Waals surface area contributed by atoms with Crippen molar-refractivity contribution in [2.24, 2.45) is 5.41 Å². The Morgan fingerprint density at radius 3 is 1.48 bits per heavy atom. The second kappa shape index (κ2) is 16.3. The van der Waals surface area contributed by atoms with Crippen molar-refractivity contribution in [2.45, 2.75) is 52.4 Å². The normalized spacial score (nSPS) is 11.0. The highest BCUT2D eigenvalue weighted by atomic mass is 16.6. The van der Waals surface area contributed by atoms with Gasteiger partial charge < -0.3 is 29.2 Å². The fraction of sp³-hybridized carbons (Fsp3) is 0.714. The van der Waals surface area contributed by atoms with E-state index in [1.165, 1.54) is 0 Å². The third-order valence-corrected chi connectivity index (χ3v) is 4.40. The van der Waals surface area contributed by atoms with Crippen LogP contribution in [0.25, 0.3) is 0 Å². The maximum atomic E-state index is 12.2. The van der Waals surface area contributed by atoms with Crippen molar-refractivity contribution >= 4 is 23.9 Å². The summed E-state index contributed by atoms with van der Waals surface area (Å²) < 4.78 is 20.4. The van der Waals surface area contributed by atoms with Gasteiger partial charge in [-0.05, 0) is 12.8 Å². The largest absolute Gasteiger partial charge is 0.481 e. The molecular weight excluding hydrogens is 412 g/mol. The first-order chi connectivity index (χ1) is 14.7. The summed E-state index contributed by atoms with van der Waals surface area (Å²) in [5, 5.41) is 19.0. The Morgan fingerprint density at radius 1 is 0.742 bits per heavy atom. The van der Waals surface area contributed by atoms with Gasteiger partial charge in [0.15, 0.2) is 0 Å². The molecule has 0 saturated carbocycles. The van der Waals surface area contributed by atoms with E-state index in [0.717, 1.165) is 25.7 Å². The number of rotatable bonds is 19. The Bertz CT molecular complexity index is 569. The first-order valence-corrected chi connectivity index (χ1v) is 10.3. The number of aliphatic carboxylic acids is 2. The average Bonchev–Trinajstić information content (AvgIpc) is 2.71. The molecule has 0 heterocycles. The molecule has 0 rings (SSSR count). The molecule has 0 atom stereocenters. The van der Waals surface area contributed by atoms with Gasteiger partial charge in [0.25, 0.3) is 0 Å². The predicted octanol–water partition coefficient (Wildman–Crippen LogP) is 2.20. The zero-order chi connectivity index (χ0) is 23.7. The topological polar surface area (TPSA) is 146 Å². The number of carboxylic acids is 2. The number of hydrogen-bond donors (Lipinski definition) is 2. The van der Waals surface area contributed by atoms with E-state index in [4.69, 9.17) is 18.9 Å². The molecule has 2 N–H and O–H groups in total. The van der Waals surface area contributed by atoms with Crippen LogP contribution < -0.4 is 0 Å². The molecule has 0 aliphatic rings. The minimum absolute atomic E-state index is 0.117. The molecule has 0 amide bonds. The molecule has 0 aromatic rings. The van der Waals surface area contributed by atoms with Crippen LogP contribution >= 0.6 is 0 Å². The van der Waals surface area contributed by atoms with Gasteiger partial charge in [-0.25, -0.2) is 4.79 Å². The Labute approximate surface area is 182 Å². The molecule has 31 heavy (non-hydrogen) atoms. The van der Waals surface area contributed by atoms with E-state index in [-0.39, 0.29) is 26.4 Å². The van der Waals surface area contributed by atoms with Crippen molar-refractivity contribution < 1.29 is 48.3 Å².